The summed E-state index contributed by atoms with van der Waals surface area (Å²) in [5.74, 6) is 0.140. The van der Waals surface area contributed by atoms with E-state index >= 15 is 0 Å². The van der Waals surface area contributed by atoms with Crippen molar-refractivity contribution >= 4 is 22.8 Å². The van der Waals surface area contributed by atoms with Gasteiger partial charge in [-0.05, 0) is 35.2 Å². The number of rotatable bonds is 8. The van der Waals surface area contributed by atoms with Crippen molar-refractivity contribution in [2.24, 2.45) is 0 Å². The van der Waals surface area contributed by atoms with Gasteiger partial charge in [-0.15, -0.1) is 0 Å². The van der Waals surface area contributed by atoms with E-state index in [0.29, 0.717) is 30.0 Å². The first-order valence-electron chi connectivity index (χ1n) is 11.2. The van der Waals surface area contributed by atoms with Gasteiger partial charge in [-0.25, -0.2) is 9.59 Å². The van der Waals surface area contributed by atoms with E-state index in [9.17, 15) is 9.59 Å². The molecule has 0 radical (unpaired) electrons. The molecule has 0 spiro atoms. The van der Waals surface area contributed by atoms with Gasteiger partial charge in [0.25, 0.3) is 0 Å². The van der Waals surface area contributed by atoms with Crippen molar-refractivity contribution in [3.63, 3.8) is 0 Å². The maximum atomic E-state index is 12.9. The predicted octanol–water partition coefficient (Wildman–Crippen LogP) is 5.39. The van der Waals surface area contributed by atoms with Crippen molar-refractivity contribution in [2.45, 2.75) is 38.8 Å². The summed E-state index contributed by atoms with van der Waals surface area (Å²) in [6.45, 7) is 2.43. The highest BCUT2D eigenvalue weighted by Gasteiger charge is 2.35. The summed E-state index contributed by atoms with van der Waals surface area (Å²) >= 11 is 0. The first kappa shape index (κ1) is 22.4. The van der Waals surface area contributed by atoms with E-state index in [-0.39, 0.29) is 6.03 Å². The zero-order chi connectivity index (χ0) is 23.2. The van der Waals surface area contributed by atoms with E-state index in [0.717, 1.165) is 34.7 Å². The van der Waals surface area contributed by atoms with Gasteiger partial charge in [0.1, 0.15) is 12.4 Å². The van der Waals surface area contributed by atoms with E-state index < -0.39 is 12.0 Å². The van der Waals surface area contributed by atoms with Crippen molar-refractivity contribution < 1.29 is 19.1 Å². The molecular formula is C27H28N2O4. The van der Waals surface area contributed by atoms with Crippen molar-refractivity contribution in [2.75, 3.05) is 7.11 Å². The molecule has 0 aliphatic carbocycles. The van der Waals surface area contributed by atoms with Crippen molar-refractivity contribution in [1.82, 2.24) is 10.6 Å². The minimum Gasteiger partial charge on any atom is -0.489 e. The van der Waals surface area contributed by atoms with Crippen molar-refractivity contribution in [3.05, 3.63) is 89.1 Å². The van der Waals surface area contributed by atoms with Gasteiger partial charge in [0.2, 0.25) is 0 Å². The minimum absolute atomic E-state index is 0.347. The highest BCUT2D eigenvalue weighted by Crippen LogP contribution is 2.39. The fraction of sp³-hybridized carbons (Fsp3) is 0.259. The van der Waals surface area contributed by atoms with Crippen LogP contribution in [0.5, 0.6) is 5.75 Å². The predicted molar refractivity (Wildman–Crippen MR) is 128 cm³/mol. The molecular weight excluding hydrogens is 416 g/mol. The molecule has 1 aliphatic rings. The minimum atomic E-state index is -0.699. The van der Waals surface area contributed by atoms with Crippen LogP contribution in [0.4, 0.5) is 4.79 Å². The molecule has 6 nitrogen and oxygen atoms in total. The van der Waals surface area contributed by atoms with Gasteiger partial charge in [-0.3, -0.25) is 0 Å². The van der Waals surface area contributed by atoms with Gasteiger partial charge in [0.15, 0.2) is 0 Å². The second-order valence-corrected chi connectivity index (χ2v) is 7.99. The Bertz CT molecular complexity index is 1190. The molecule has 170 valence electrons. The molecule has 0 saturated heterocycles. The first-order valence-corrected chi connectivity index (χ1v) is 11.2. The maximum absolute atomic E-state index is 12.9. The average molecular weight is 445 g/mol. The summed E-state index contributed by atoms with van der Waals surface area (Å²) in [6, 6.07) is 20.6. The molecule has 0 fully saturated rings. The molecule has 2 amide bonds. The lowest BCUT2D eigenvalue weighted by molar-refractivity contribution is -0.136. The third kappa shape index (κ3) is 4.85. The number of esters is 1. The lowest BCUT2D eigenvalue weighted by Gasteiger charge is -2.31. The number of carbonyl (C=O) groups excluding carboxylic acids is 2. The fourth-order valence-corrected chi connectivity index (χ4v) is 4.17. The molecule has 1 heterocycles. The Balaban J connectivity index is 1.86. The Morgan fingerprint density at radius 2 is 1.76 bits per heavy atom. The molecule has 1 aliphatic heterocycles. The smallest absolute Gasteiger partial charge is 0.337 e. The van der Waals surface area contributed by atoms with Gasteiger partial charge < -0.3 is 20.1 Å². The number of unbranched alkanes of at least 4 members (excludes halogenated alkanes) is 1. The number of benzene rings is 3. The summed E-state index contributed by atoms with van der Waals surface area (Å²) in [6.07, 6.45) is 2.36. The topological polar surface area (TPSA) is 76.7 Å². The van der Waals surface area contributed by atoms with Crippen molar-refractivity contribution in [3.8, 4) is 5.75 Å². The van der Waals surface area contributed by atoms with Crippen LogP contribution in [0.3, 0.4) is 0 Å². The molecule has 2 N–H and O–H groups in total. The Hall–Kier alpha value is -3.80. The van der Waals surface area contributed by atoms with Crippen LogP contribution in [0.2, 0.25) is 0 Å². The Morgan fingerprint density at radius 3 is 2.52 bits per heavy atom. The molecule has 6 heteroatoms. The van der Waals surface area contributed by atoms with Gasteiger partial charge in [0.05, 0.1) is 18.7 Å². The van der Waals surface area contributed by atoms with Crippen LogP contribution in [0.15, 0.2) is 78.0 Å². The SMILES string of the molecule is CCCCC1=C(C(=O)OC)C(c2c(OCc3ccccc3)ccc3ccccc23)NC(=O)N1. The molecule has 3 aromatic rings. The number of hydrogen-bond donors (Lipinski definition) is 2. The second kappa shape index (κ2) is 10.2. The zero-order valence-corrected chi connectivity index (χ0v) is 18.9. The Labute approximate surface area is 193 Å². The standard InChI is InChI=1S/C27H28N2O4/c1-3-4-14-21-24(26(30)32-2)25(29-27(31)28-21)23-20-13-9-8-12-19(20)15-16-22(23)33-17-18-10-6-5-7-11-18/h5-13,15-16,25H,3-4,14,17H2,1-2H3,(H2,28,29,31). The van der Waals surface area contributed by atoms with Gasteiger partial charge >= 0.3 is 12.0 Å². The monoisotopic (exact) mass is 444 g/mol. The van der Waals surface area contributed by atoms with Crippen LogP contribution in [0.1, 0.15) is 43.4 Å². The van der Waals surface area contributed by atoms with E-state index in [2.05, 4.69) is 17.6 Å². The summed E-state index contributed by atoms with van der Waals surface area (Å²) in [5, 5.41) is 7.68. The van der Waals surface area contributed by atoms with Crippen LogP contribution in [0, 0.1) is 0 Å². The third-order valence-electron chi connectivity index (χ3n) is 5.80. The van der Waals surface area contributed by atoms with E-state index in [4.69, 9.17) is 9.47 Å². The number of methoxy groups -OCH3 is 1. The molecule has 4 rings (SSSR count). The fourth-order valence-electron chi connectivity index (χ4n) is 4.17. The van der Waals surface area contributed by atoms with Crippen molar-refractivity contribution in [1.29, 1.82) is 0 Å². The van der Waals surface area contributed by atoms with E-state index in [1.54, 1.807) is 0 Å². The van der Waals surface area contributed by atoms with Gasteiger partial charge in [-0.2, -0.15) is 0 Å². The number of allylic oxidation sites excluding steroid dienone is 1. The Kier molecular flexibility index (Phi) is 6.93. The first-order chi connectivity index (χ1) is 16.1. The number of nitrogens with one attached hydrogen (secondary N) is 2. The molecule has 1 atom stereocenters. The average Bonchev–Trinajstić information content (AvgIpc) is 2.85. The van der Waals surface area contributed by atoms with E-state index in [1.807, 2.05) is 66.7 Å². The van der Waals surface area contributed by atoms with Crippen LogP contribution in [-0.2, 0) is 16.1 Å². The largest absolute Gasteiger partial charge is 0.489 e. The van der Waals surface area contributed by atoms with Crippen LogP contribution < -0.4 is 15.4 Å². The van der Waals surface area contributed by atoms with Crippen LogP contribution in [0.25, 0.3) is 10.8 Å². The number of fused-ring (bicyclic) bond motifs is 1. The summed E-state index contributed by atoms with van der Waals surface area (Å²) in [7, 11) is 1.36. The van der Waals surface area contributed by atoms with E-state index in [1.165, 1.54) is 7.11 Å². The molecule has 0 aromatic heterocycles. The number of amides is 2. The third-order valence-corrected chi connectivity index (χ3v) is 5.80. The summed E-state index contributed by atoms with van der Waals surface area (Å²) < 4.78 is 11.4. The van der Waals surface area contributed by atoms with Gasteiger partial charge in [-0.1, -0.05) is 74.0 Å². The summed E-state index contributed by atoms with van der Waals surface area (Å²) in [4.78, 5) is 25.6. The van der Waals surface area contributed by atoms with Gasteiger partial charge in [0, 0.05) is 11.3 Å². The molecule has 0 saturated carbocycles. The molecule has 33 heavy (non-hydrogen) atoms. The van der Waals surface area contributed by atoms with Crippen LogP contribution >= 0.6 is 0 Å². The number of ether oxygens (including phenoxy) is 2. The molecule has 1 unspecified atom stereocenters. The second-order valence-electron chi connectivity index (χ2n) is 7.99. The number of carbonyl (C=O) groups is 2. The molecule has 0 bridgehead atoms. The number of hydrogen-bond acceptors (Lipinski definition) is 4. The lowest BCUT2D eigenvalue weighted by Crippen LogP contribution is -2.46. The highest BCUT2D eigenvalue weighted by molar-refractivity contribution is 5.98. The lowest BCUT2D eigenvalue weighted by atomic mass is 9.89. The highest BCUT2D eigenvalue weighted by atomic mass is 16.5. The Morgan fingerprint density at radius 1 is 1.00 bits per heavy atom. The zero-order valence-electron chi connectivity index (χ0n) is 18.9. The number of urea groups is 1. The normalized spacial score (nSPS) is 15.7. The molecule has 3 aromatic carbocycles. The summed E-state index contributed by atoms with van der Waals surface area (Å²) in [5.41, 5.74) is 2.78. The quantitative estimate of drug-likeness (QED) is 0.457. The van der Waals surface area contributed by atoms with Crippen LogP contribution in [-0.4, -0.2) is 19.1 Å². The maximum Gasteiger partial charge on any atom is 0.337 e.